The summed E-state index contributed by atoms with van der Waals surface area (Å²) in [6.45, 7) is 2.18. The minimum atomic E-state index is -4.73. The van der Waals surface area contributed by atoms with Crippen LogP contribution in [0.5, 0.6) is 11.5 Å². The molecule has 0 unspecified atom stereocenters. The van der Waals surface area contributed by atoms with Gasteiger partial charge in [-0.1, -0.05) is 6.07 Å². The number of carboxylic acids is 1. The number of hydrogen-bond donors (Lipinski definition) is 1. The molecule has 1 aromatic heterocycles. The zero-order chi connectivity index (χ0) is 29.4. The highest BCUT2D eigenvalue weighted by atomic mass is 32.2. The molecule has 1 saturated heterocycles. The van der Waals surface area contributed by atoms with Crippen LogP contribution in [0.1, 0.15) is 43.8 Å². The molecule has 41 heavy (non-hydrogen) atoms. The third-order valence-corrected chi connectivity index (χ3v) is 8.53. The SMILES string of the molecule is COc1ccc2nccc([C@@H](F)CC[C@@H]3CCN(CCCSc4cccc(OC(F)(F)F)c4)C[C@@H]3CC(=O)O)c2c1. The summed E-state index contributed by atoms with van der Waals surface area (Å²) >= 11 is 1.45. The van der Waals surface area contributed by atoms with Gasteiger partial charge in [0, 0.05) is 29.4 Å². The van der Waals surface area contributed by atoms with Crippen LogP contribution in [0.3, 0.4) is 0 Å². The Bertz CT molecular complexity index is 1310. The molecule has 0 aliphatic carbocycles. The molecule has 222 valence electrons. The first-order chi connectivity index (χ1) is 19.6. The summed E-state index contributed by atoms with van der Waals surface area (Å²) in [7, 11) is 1.56. The Morgan fingerprint density at radius 2 is 2.00 bits per heavy atom. The molecule has 3 atom stereocenters. The topological polar surface area (TPSA) is 71.9 Å². The van der Waals surface area contributed by atoms with Gasteiger partial charge in [-0.15, -0.1) is 24.9 Å². The molecule has 0 spiro atoms. The van der Waals surface area contributed by atoms with Gasteiger partial charge in [0.25, 0.3) is 0 Å². The third-order valence-electron chi connectivity index (χ3n) is 7.45. The molecule has 3 aromatic rings. The lowest BCUT2D eigenvalue weighted by molar-refractivity contribution is -0.274. The average Bonchev–Trinajstić information content (AvgIpc) is 2.93. The van der Waals surface area contributed by atoms with Crippen LogP contribution in [0.4, 0.5) is 17.6 Å². The number of benzene rings is 2. The minimum Gasteiger partial charge on any atom is -0.497 e. The first-order valence-corrected chi connectivity index (χ1v) is 14.6. The van der Waals surface area contributed by atoms with E-state index in [0.29, 0.717) is 52.3 Å². The van der Waals surface area contributed by atoms with E-state index in [1.165, 1.54) is 30.0 Å². The van der Waals surface area contributed by atoms with E-state index in [-0.39, 0.29) is 24.0 Å². The second kappa shape index (κ2) is 14.2. The molecular weight excluding hydrogens is 560 g/mol. The van der Waals surface area contributed by atoms with Gasteiger partial charge in [-0.05, 0) is 104 Å². The Morgan fingerprint density at radius 1 is 1.17 bits per heavy atom. The van der Waals surface area contributed by atoms with Crippen molar-refractivity contribution in [2.75, 3.05) is 32.5 Å². The summed E-state index contributed by atoms with van der Waals surface area (Å²) in [6.07, 6.45) is -1.81. The zero-order valence-corrected chi connectivity index (χ0v) is 23.6. The summed E-state index contributed by atoms with van der Waals surface area (Å²) in [6, 6.07) is 13.0. The van der Waals surface area contributed by atoms with E-state index in [9.17, 15) is 23.1 Å². The highest BCUT2D eigenvalue weighted by molar-refractivity contribution is 7.99. The summed E-state index contributed by atoms with van der Waals surface area (Å²) in [4.78, 5) is 18.9. The first kappa shape index (κ1) is 30.9. The second-order valence-corrected chi connectivity index (χ2v) is 11.4. The maximum absolute atomic E-state index is 15.5. The Morgan fingerprint density at radius 3 is 2.76 bits per heavy atom. The molecule has 0 saturated carbocycles. The number of methoxy groups -OCH3 is 1. The molecule has 2 aromatic carbocycles. The van der Waals surface area contributed by atoms with Crippen molar-refractivity contribution in [2.45, 2.75) is 49.5 Å². The lowest BCUT2D eigenvalue weighted by Crippen LogP contribution is -2.42. The van der Waals surface area contributed by atoms with Crippen LogP contribution in [-0.2, 0) is 4.79 Å². The normalized spacial score (nSPS) is 18.8. The number of nitrogens with zero attached hydrogens (tertiary/aromatic N) is 2. The number of aliphatic carboxylic acids is 1. The molecule has 0 radical (unpaired) electrons. The third kappa shape index (κ3) is 9.22. The minimum absolute atomic E-state index is 0.0360. The fraction of sp³-hybridized carbons (Fsp3) is 0.467. The predicted molar refractivity (Wildman–Crippen MR) is 150 cm³/mol. The standard InChI is InChI=1S/C30H34F4N2O4S/c1-39-22-7-9-28-26(18-22)25(10-12-35-28)27(31)8-6-20-11-14-36(19-21(20)16-29(37)38)13-3-15-41-24-5-2-4-23(17-24)40-30(32,33)34/h2,4-5,7,9-10,12,17-18,20-21,27H,3,6,8,11,13-16,19H2,1H3,(H,37,38)/t20-,21+,27+/m1/s1. The summed E-state index contributed by atoms with van der Waals surface area (Å²) in [5, 5.41) is 10.2. The number of hydrogen-bond acceptors (Lipinski definition) is 6. The van der Waals surface area contributed by atoms with Crippen LogP contribution in [0, 0.1) is 11.8 Å². The Balaban J connectivity index is 1.28. The van der Waals surface area contributed by atoms with Crippen molar-refractivity contribution in [1.82, 2.24) is 9.88 Å². The highest BCUT2D eigenvalue weighted by Crippen LogP contribution is 2.36. The number of rotatable bonds is 13. The smallest absolute Gasteiger partial charge is 0.497 e. The Labute approximate surface area is 241 Å². The average molecular weight is 595 g/mol. The van der Waals surface area contributed by atoms with Crippen molar-refractivity contribution in [3.8, 4) is 11.5 Å². The van der Waals surface area contributed by atoms with Gasteiger partial charge in [-0.3, -0.25) is 9.78 Å². The lowest BCUT2D eigenvalue weighted by Gasteiger charge is -2.38. The number of thioether (sulfide) groups is 1. The van der Waals surface area contributed by atoms with E-state index in [4.69, 9.17) is 4.74 Å². The van der Waals surface area contributed by atoms with E-state index >= 15 is 4.39 Å². The number of carboxylic acid groups (broad SMARTS) is 1. The van der Waals surface area contributed by atoms with Gasteiger partial charge in [0.05, 0.1) is 12.6 Å². The van der Waals surface area contributed by atoms with Gasteiger partial charge < -0.3 is 19.5 Å². The number of aromatic nitrogens is 1. The molecule has 1 aliphatic rings. The number of carbonyl (C=O) groups is 1. The summed E-state index contributed by atoms with van der Waals surface area (Å²) < 4.78 is 62.2. The summed E-state index contributed by atoms with van der Waals surface area (Å²) in [5.41, 5.74) is 1.26. The fourth-order valence-corrected chi connectivity index (χ4v) is 6.38. The van der Waals surface area contributed by atoms with E-state index in [1.54, 1.807) is 43.6 Å². The van der Waals surface area contributed by atoms with Gasteiger partial charge in [0.15, 0.2) is 0 Å². The molecule has 0 bridgehead atoms. The van der Waals surface area contributed by atoms with E-state index < -0.39 is 18.5 Å². The quantitative estimate of drug-likeness (QED) is 0.125. The van der Waals surface area contributed by atoms with Crippen molar-refractivity contribution < 1.29 is 36.9 Å². The van der Waals surface area contributed by atoms with Crippen LogP contribution in [-0.4, -0.2) is 59.8 Å². The Hall–Kier alpha value is -3.05. The number of piperidine rings is 1. The van der Waals surface area contributed by atoms with E-state index in [1.807, 2.05) is 0 Å². The van der Waals surface area contributed by atoms with Gasteiger partial charge >= 0.3 is 12.3 Å². The van der Waals surface area contributed by atoms with Gasteiger partial charge in [-0.2, -0.15) is 0 Å². The molecule has 11 heteroatoms. The van der Waals surface area contributed by atoms with Crippen molar-refractivity contribution in [3.05, 3.63) is 60.3 Å². The number of pyridine rings is 1. The van der Waals surface area contributed by atoms with Crippen LogP contribution in [0.15, 0.2) is 59.6 Å². The van der Waals surface area contributed by atoms with Gasteiger partial charge in [-0.25, -0.2) is 4.39 Å². The molecule has 1 aliphatic heterocycles. The van der Waals surface area contributed by atoms with Crippen LogP contribution in [0.2, 0.25) is 0 Å². The second-order valence-electron chi connectivity index (χ2n) is 10.3. The number of fused-ring (bicyclic) bond motifs is 1. The van der Waals surface area contributed by atoms with Crippen molar-refractivity contribution in [2.24, 2.45) is 11.8 Å². The molecule has 6 nitrogen and oxygen atoms in total. The Kier molecular flexibility index (Phi) is 10.7. The molecule has 2 heterocycles. The van der Waals surface area contributed by atoms with Crippen molar-refractivity contribution in [1.29, 1.82) is 0 Å². The van der Waals surface area contributed by atoms with Crippen molar-refractivity contribution in [3.63, 3.8) is 0 Å². The highest BCUT2D eigenvalue weighted by Gasteiger charge is 2.32. The van der Waals surface area contributed by atoms with Crippen LogP contribution >= 0.6 is 11.8 Å². The maximum Gasteiger partial charge on any atom is 0.573 e. The monoisotopic (exact) mass is 594 g/mol. The predicted octanol–water partition coefficient (Wildman–Crippen LogP) is 7.53. The number of alkyl halides is 4. The van der Waals surface area contributed by atoms with Crippen molar-refractivity contribution >= 4 is 28.6 Å². The molecule has 0 amide bonds. The summed E-state index contributed by atoms with van der Waals surface area (Å²) in [5.74, 6) is 0.263. The lowest BCUT2D eigenvalue weighted by atomic mass is 9.79. The largest absolute Gasteiger partial charge is 0.573 e. The van der Waals surface area contributed by atoms with Crippen LogP contribution < -0.4 is 9.47 Å². The van der Waals surface area contributed by atoms with Gasteiger partial charge in [0.2, 0.25) is 0 Å². The fourth-order valence-electron chi connectivity index (χ4n) is 5.50. The van der Waals surface area contributed by atoms with Gasteiger partial charge in [0.1, 0.15) is 17.7 Å². The zero-order valence-electron chi connectivity index (χ0n) is 22.8. The number of halogens is 4. The molecule has 1 fully saturated rings. The number of ether oxygens (including phenoxy) is 2. The van der Waals surface area contributed by atoms with E-state index in [2.05, 4.69) is 14.6 Å². The van der Waals surface area contributed by atoms with Crippen LogP contribution in [0.25, 0.3) is 10.9 Å². The first-order valence-electron chi connectivity index (χ1n) is 13.6. The molecule has 1 N–H and O–H groups in total. The molecular formula is C30H34F4N2O4S. The maximum atomic E-state index is 15.5. The van der Waals surface area contributed by atoms with E-state index in [0.717, 1.165) is 25.9 Å². The molecule has 4 rings (SSSR count). The number of likely N-dealkylation sites (tertiary alicyclic amines) is 1.